The first-order valence-corrected chi connectivity index (χ1v) is 7.79. The monoisotopic (exact) mass is 382 g/mol. The summed E-state index contributed by atoms with van der Waals surface area (Å²) < 4.78 is 6.41. The van der Waals surface area contributed by atoms with E-state index in [2.05, 4.69) is 21.2 Å². The van der Waals surface area contributed by atoms with Gasteiger partial charge in [0.2, 0.25) is 0 Å². The molecule has 4 nitrogen and oxygen atoms in total. The van der Waals surface area contributed by atoms with Crippen molar-refractivity contribution in [1.29, 1.82) is 0 Å². The largest absolute Gasteiger partial charge is 0.482 e. The predicted molar refractivity (Wildman–Crippen MR) is 93.6 cm³/mol. The lowest BCUT2D eigenvalue weighted by atomic mass is 10.1. The van der Waals surface area contributed by atoms with Crippen LogP contribution in [0.5, 0.6) is 5.75 Å². The molecule has 2 aromatic rings. The minimum atomic E-state index is -0.327. The summed E-state index contributed by atoms with van der Waals surface area (Å²) in [6.45, 7) is 3.79. The molecule has 0 saturated carbocycles. The Hall–Kier alpha value is -1.72. The standard InChI is InChI=1S/C16H16BrClN2O2/c1-9-6-10(2)16(11(17)7-9)22-8-14(21)20-15-12(18)4-3-5-13(15)19/h3-7H,8,19H2,1-2H3,(H,20,21). The van der Waals surface area contributed by atoms with Crippen molar-refractivity contribution in [1.82, 2.24) is 0 Å². The minimum absolute atomic E-state index is 0.132. The highest BCUT2D eigenvalue weighted by molar-refractivity contribution is 9.10. The molecular weight excluding hydrogens is 368 g/mol. The highest BCUT2D eigenvalue weighted by atomic mass is 79.9. The molecule has 0 saturated heterocycles. The first-order chi connectivity index (χ1) is 10.4. The van der Waals surface area contributed by atoms with Crippen molar-refractivity contribution in [2.24, 2.45) is 0 Å². The second-order valence-electron chi connectivity index (χ2n) is 4.93. The van der Waals surface area contributed by atoms with Crippen LogP contribution in [0.15, 0.2) is 34.8 Å². The number of rotatable bonds is 4. The zero-order chi connectivity index (χ0) is 16.3. The molecule has 0 fully saturated rings. The number of carbonyl (C=O) groups excluding carboxylic acids is 1. The Morgan fingerprint density at radius 1 is 1.36 bits per heavy atom. The summed E-state index contributed by atoms with van der Waals surface area (Å²) in [4.78, 5) is 12.0. The fourth-order valence-corrected chi connectivity index (χ4v) is 3.09. The number of hydrogen-bond donors (Lipinski definition) is 2. The van der Waals surface area contributed by atoms with Gasteiger partial charge < -0.3 is 15.8 Å². The molecule has 2 aromatic carbocycles. The second-order valence-corrected chi connectivity index (χ2v) is 6.20. The van der Waals surface area contributed by atoms with E-state index in [0.717, 1.165) is 15.6 Å². The zero-order valence-corrected chi connectivity index (χ0v) is 14.6. The van der Waals surface area contributed by atoms with Crippen LogP contribution in [0.1, 0.15) is 11.1 Å². The topological polar surface area (TPSA) is 64.3 Å². The third-order valence-electron chi connectivity index (χ3n) is 3.03. The van der Waals surface area contributed by atoms with E-state index in [4.69, 9.17) is 22.1 Å². The van der Waals surface area contributed by atoms with Crippen molar-refractivity contribution >= 4 is 44.8 Å². The third-order valence-corrected chi connectivity index (χ3v) is 3.94. The van der Waals surface area contributed by atoms with Crippen molar-refractivity contribution < 1.29 is 9.53 Å². The number of nitrogen functional groups attached to an aromatic ring is 1. The van der Waals surface area contributed by atoms with E-state index in [-0.39, 0.29) is 12.5 Å². The van der Waals surface area contributed by atoms with Crippen molar-refractivity contribution in [3.8, 4) is 5.75 Å². The number of aryl methyl sites for hydroxylation is 2. The fourth-order valence-electron chi connectivity index (χ4n) is 2.07. The van der Waals surface area contributed by atoms with E-state index in [9.17, 15) is 4.79 Å². The summed E-state index contributed by atoms with van der Waals surface area (Å²) in [5.41, 5.74) is 8.68. The molecular formula is C16H16BrClN2O2. The lowest BCUT2D eigenvalue weighted by molar-refractivity contribution is -0.118. The van der Waals surface area contributed by atoms with E-state index in [1.807, 2.05) is 26.0 Å². The van der Waals surface area contributed by atoms with Crippen molar-refractivity contribution in [3.63, 3.8) is 0 Å². The molecule has 0 bridgehead atoms. The Balaban J connectivity index is 2.05. The molecule has 1 amide bonds. The molecule has 0 atom stereocenters. The van der Waals surface area contributed by atoms with Crippen LogP contribution in [0.25, 0.3) is 0 Å². The molecule has 0 unspecified atom stereocenters. The Labute approximate surface area is 142 Å². The van der Waals surface area contributed by atoms with Gasteiger partial charge in [-0.3, -0.25) is 4.79 Å². The first-order valence-electron chi connectivity index (χ1n) is 6.62. The van der Waals surface area contributed by atoms with Crippen LogP contribution in [0.2, 0.25) is 5.02 Å². The van der Waals surface area contributed by atoms with E-state index < -0.39 is 0 Å². The Morgan fingerprint density at radius 2 is 2.09 bits per heavy atom. The van der Waals surface area contributed by atoms with Gasteiger partial charge in [-0.25, -0.2) is 0 Å². The number of nitrogens with one attached hydrogen (secondary N) is 1. The second kappa shape index (κ2) is 7.03. The number of carbonyl (C=O) groups is 1. The number of anilines is 2. The number of para-hydroxylation sites is 1. The summed E-state index contributed by atoms with van der Waals surface area (Å²) in [5, 5.41) is 3.05. The van der Waals surface area contributed by atoms with Crippen LogP contribution < -0.4 is 15.8 Å². The van der Waals surface area contributed by atoms with Gasteiger partial charge in [-0.2, -0.15) is 0 Å². The van der Waals surface area contributed by atoms with Gasteiger partial charge in [0.25, 0.3) is 5.91 Å². The Morgan fingerprint density at radius 3 is 2.73 bits per heavy atom. The average Bonchev–Trinajstić information content (AvgIpc) is 2.42. The molecule has 0 aliphatic heterocycles. The molecule has 0 spiro atoms. The third kappa shape index (κ3) is 3.93. The van der Waals surface area contributed by atoms with Gasteiger partial charge in [-0.05, 0) is 59.1 Å². The number of benzene rings is 2. The summed E-state index contributed by atoms with van der Waals surface area (Å²) in [5.74, 6) is 0.319. The van der Waals surface area contributed by atoms with Crippen LogP contribution in [-0.2, 0) is 4.79 Å². The van der Waals surface area contributed by atoms with Crippen molar-refractivity contribution in [2.45, 2.75) is 13.8 Å². The smallest absolute Gasteiger partial charge is 0.262 e. The van der Waals surface area contributed by atoms with Gasteiger partial charge in [0.15, 0.2) is 6.61 Å². The first kappa shape index (κ1) is 16.6. The minimum Gasteiger partial charge on any atom is -0.482 e. The molecule has 0 aliphatic rings. The molecule has 2 rings (SSSR count). The van der Waals surface area contributed by atoms with Crippen LogP contribution in [0.3, 0.4) is 0 Å². The maximum atomic E-state index is 12.0. The van der Waals surface area contributed by atoms with Gasteiger partial charge in [0, 0.05) is 0 Å². The predicted octanol–water partition coefficient (Wildman–Crippen LogP) is 4.32. The molecule has 22 heavy (non-hydrogen) atoms. The van der Waals surface area contributed by atoms with Gasteiger partial charge in [0.1, 0.15) is 5.75 Å². The number of hydrogen-bond acceptors (Lipinski definition) is 3. The van der Waals surface area contributed by atoms with E-state index in [1.54, 1.807) is 18.2 Å². The normalized spacial score (nSPS) is 10.4. The fraction of sp³-hybridized carbons (Fsp3) is 0.188. The molecule has 0 heterocycles. The SMILES string of the molecule is Cc1cc(C)c(OCC(=O)Nc2c(N)cccc2Cl)c(Br)c1. The quantitative estimate of drug-likeness (QED) is 0.773. The summed E-state index contributed by atoms with van der Waals surface area (Å²) in [6, 6.07) is 8.98. The maximum Gasteiger partial charge on any atom is 0.262 e. The summed E-state index contributed by atoms with van der Waals surface area (Å²) in [6.07, 6.45) is 0. The van der Waals surface area contributed by atoms with Gasteiger partial charge in [0.05, 0.1) is 20.9 Å². The lowest BCUT2D eigenvalue weighted by Crippen LogP contribution is -2.21. The summed E-state index contributed by atoms with van der Waals surface area (Å²) >= 11 is 9.46. The van der Waals surface area contributed by atoms with Crippen molar-refractivity contribution in [3.05, 3.63) is 51.0 Å². The van der Waals surface area contributed by atoms with Gasteiger partial charge in [-0.15, -0.1) is 0 Å². The average molecular weight is 384 g/mol. The Bertz CT molecular complexity index is 676. The number of ether oxygens (including phenoxy) is 1. The van der Waals surface area contributed by atoms with Crippen LogP contribution in [0, 0.1) is 13.8 Å². The zero-order valence-electron chi connectivity index (χ0n) is 12.2. The Kier molecular flexibility index (Phi) is 5.32. The number of halogens is 2. The lowest BCUT2D eigenvalue weighted by Gasteiger charge is -2.13. The molecule has 116 valence electrons. The van der Waals surface area contributed by atoms with E-state index in [0.29, 0.717) is 22.1 Å². The highest BCUT2D eigenvalue weighted by Crippen LogP contribution is 2.31. The number of amides is 1. The molecule has 0 radical (unpaired) electrons. The van der Waals surface area contributed by atoms with Crippen LogP contribution in [-0.4, -0.2) is 12.5 Å². The molecule has 0 aromatic heterocycles. The van der Waals surface area contributed by atoms with Gasteiger partial charge in [-0.1, -0.05) is 23.7 Å². The highest BCUT2D eigenvalue weighted by Gasteiger charge is 2.12. The van der Waals surface area contributed by atoms with E-state index >= 15 is 0 Å². The molecule has 3 N–H and O–H groups in total. The van der Waals surface area contributed by atoms with Crippen LogP contribution in [0.4, 0.5) is 11.4 Å². The number of nitrogens with two attached hydrogens (primary N) is 1. The molecule has 6 heteroatoms. The van der Waals surface area contributed by atoms with Crippen LogP contribution >= 0.6 is 27.5 Å². The van der Waals surface area contributed by atoms with Crippen molar-refractivity contribution in [2.75, 3.05) is 17.7 Å². The summed E-state index contributed by atoms with van der Waals surface area (Å²) in [7, 11) is 0. The molecule has 0 aliphatic carbocycles. The maximum absolute atomic E-state index is 12.0. The van der Waals surface area contributed by atoms with E-state index in [1.165, 1.54) is 0 Å². The van der Waals surface area contributed by atoms with Gasteiger partial charge >= 0.3 is 0 Å².